The summed E-state index contributed by atoms with van der Waals surface area (Å²) in [6, 6.07) is 22.0. The van der Waals surface area contributed by atoms with E-state index >= 15 is 0 Å². The van der Waals surface area contributed by atoms with Gasteiger partial charge in [-0.1, -0.05) is 60.6 Å². The number of ketones is 1. The average molecular weight is 471 g/mol. The first-order valence-electron chi connectivity index (χ1n) is 11.3. The number of H-pyrrole nitrogens is 1. The molecule has 4 rings (SSSR count). The molecule has 0 amide bonds. The van der Waals surface area contributed by atoms with E-state index in [9.17, 15) is 9.59 Å². The Hall–Kier alpha value is -4.39. The number of oxime groups is 1. The molecule has 0 bridgehead atoms. The third-order valence-corrected chi connectivity index (χ3v) is 5.61. The number of carbonyl (C=O) groups is 2. The lowest BCUT2D eigenvalue weighted by Gasteiger charge is -2.17. The van der Waals surface area contributed by atoms with Gasteiger partial charge in [0.2, 0.25) is 12.4 Å². The molecule has 1 N–H and O–H groups in total. The molecule has 178 valence electrons. The third-order valence-electron chi connectivity index (χ3n) is 5.61. The lowest BCUT2D eigenvalue weighted by molar-refractivity contribution is -0.152. The van der Waals surface area contributed by atoms with Gasteiger partial charge in [-0.15, -0.1) is 0 Å². The summed E-state index contributed by atoms with van der Waals surface area (Å²) < 4.78 is 10.7. The fourth-order valence-electron chi connectivity index (χ4n) is 3.80. The molecular weight excluding hydrogens is 444 g/mol. The Bertz CT molecular complexity index is 1330. The standard InChI is InChI=1S/C28H26N2O5/c1-3-20-10-7-11-23-24(17-29-26(20)23)27(32)28(21-8-5-4-6-9-21)35-25(31)18-34-30-16-19-12-14-22(33-2)15-13-19/h4-17,28-29H,3,18H2,1-2H3/b30-16-/t28-/m0/s1. The molecule has 7 heteroatoms. The van der Waals surface area contributed by atoms with Crippen LogP contribution in [-0.2, 0) is 20.8 Å². The number of rotatable bonds is 10. The van der Waals surface area contributed by atoms with Crippen molar-refractivity contribution in [3.63, 3.8) is 0 Å². The number of hydrogen-bond acceptors (Lipinski definition) is 6. The van der Waals surface area contributed by atoms with Gasteiger partial charge in [0.05, 0.1) is 13.3 Å². The number of hydrogen-bond donors (Lipinski definition) is 1. The topological polar surface area (TPSA) is 90.0 Å². The van der Waals surface area contributed by atoms with Crippen molar-refractivity contribution in [1.82, 2.24) is 4.98 Å². The highest BCUT2D eigenvalue weighted by atomic mass is 16.7. The van der Waals surface area contributed by atoms with Crippen molar-refractivity contribution >= 4 is 28.9 Å². The fourth-order valence-corrected chi connectivity index (χ4v) is 3.80. The van der Waals surface area contributed by atoms with Gasteiger partial charge in [0.1, 0.15) is 5.75 Å². The summed E-state index contributed by atoms with van der Waals surface area (Å²) in [6.45, 7) is 1.62. The van der Waals surface area contributed by atoms with Crippen molar-refractivity contribution in [3.05, 3.63) is 101 Å². The van der Waals surface area contributed by atoms with E-state index in [1.54, 1.807) is 61.8 Å². The van der Waals surface area contributed by atoms with Gasteiger partial charge in [0.15, 0.2) is 6.10 Å². The number of esters is 1. The number of aromatic nitrogens is 1. The van der Waals surface area contributed by atoms with Crippen LogP contribution in [0.15, 0.2) is 84.1 Å². The molecule has 0 fully saturated rings. The maximum Gasteiger partial charge on any atom is 0.348 e. The molecule has 0 saturated carbocycles. The first-order valence-corrected chi connectivity index (χ1v) is 11.3. The maximum absolute atomic E-state index is 13.5. The molecule has 4 aromatic rings. The summed E-state index contributed by atoms with van der Waals surface area (Å²) in [5.41, 5.74) is 3.84. The van der Waals surface area contributed by atoms with E-state index in [0.717, 1.165) is 34.2 Å². The zero-order valence-corrected chi connectivity index (χ0v) is 19.6. The number of nitrogens with one attached hydrogen (secondary N) is 1. The normalized spacial score (nSPS) is 11.9. The van der Waals surface area contributed by atoms with Crippen LogP contribution in [0.2, 0.25) is 0 Å². The van der Waals surface area contributed by atoms with Crippen molar-refractivity contribution in [1.29, 1.82) is 0 Å². The van der Waals surface area contributed by atoms with Crippen molar-refractivity contribution in [3.8, 4) is 5.75 Å². The van der Waals surface area contributed by atoms with Crippen molar-refractivity contribution < 1.29 is 23.9 Å². The Morgan fingerprint density at radius 1 is 1.00 bits per heavy atom. The summed E-state index contributed by atoms with van der Waals surface area (Å²) in [4.78, 5) is 34.4. The SMILES string of the molecule is CCc1cccc2c(C(=O)[C@@H](OC(=O)CO/N=C\c3ccc(OC)cc3)c3ccccc3)c[nH]c12. The Balaban J connectivity index is 1.48. The van der Waals surface area contributed by atoms with Crippen LogP contribution >= 0.6 is 0 Å². The van der Waals surface area contributed by atoms with E-state index in [0.29, 0.717) is 11.1 Å². The predicted octanol–water partition coefficient (Wildman–Crippen LogP) is 5.26. The van der Waals surface area contributed by atoms with Gasteiger partial charge in [0.25, 0.3) is 0 Å². The number of aromatic amines is 1. The highest BCUT2D eigenvalue weighted by Crippen LogP contribution is 2.29. The highest BCUT2D eigenvalue weighted by Gasteiger charge is 2.28. The summed E-state index contributed by atoms with van der Waals surface area (Å²) in [6.07, 6.45) is 2.87. The molecule has 1 atom stereocenters. The summed E-state index contributed by atoms with van der Waals surface area (Å²) in [7, 11) is 1.59. The lowest BCUT2D eigenvalue weighted by Crippen LogP contribution is -2.22. The minimum Gasteiger partial charge on any atom is -0.497 e. The molecule has 0 aliphatic rings. The van der Waals surface area contributed by atoms with Gasteiger partial charge >= 0.3 is 5.97 Å². The maximum atomic E-state index is 13.5. The molecule has 1 heterocycles. The van der Waals surface area contributed by atoms with Crippen LogP contribution < -0.4 is 4.74 Å². The Morgan fingerprint density at radius 3 is 2.49 bits per heavy atom. The molecule has 0 spiro atoms. The first-order chi connectivity index (χ1) is 17.1. The number of Topliss-reactive ketones (excluding diaryl/α,β-unsaturated/α-hetero) is 1. The fraction of sp³-hybridized carbons (Fsp3) is 0.179. The molecule has 1 aromatic heterocycles. The van der Waals surface area contributed by atoms with Crippen LogP contribution in [0, 0.1) is 0 Å². The molecule has 0 aliphatic heterocycles. The van der Waals surface area contributed by atoms with Crippen LogP contribution in [0.1, 0.15) is 40.1 Å². The Kier molecular flexibility index (Phi) is 7.57. The monoisotopic (exact) mass is 470 g/mol. The number of ether oxygens (including phenoxy) is 2. The van der Waals surface area contributed by atoms with Gasteiger partial charge in [-0.3, -0.25) is 4.79 Å². The summed E-state index contributed by atoms with van der Waals surface area (Å²) in [5.74, 6) is -0.289. The number of nitrogens with zero attached hydrogens (tertiary/aromatic N) is 1. The second-order valence-corrected chi connectivity index (χ2v) is 7.82. The number of aryl methyl sites for hydroxylation is 1. The van der Waals surface area contributed by atoms with E-state index in [-0.39, 0.29) is 5.78 Å². The summed E-state index contributed by atoms with van der Waals surface area (Å²) >= 11 is 0. The average Bonchev–Trinajstić information content (AvgIpc) is 3.34. The highest BCUT2D eigenvalue weighted by molar-refractivity contribution is 6.11. The number of fused-ring (bicyclic) bond motifs is 1. The number of methoxy groups -OCH3 is 1. The minimum absolute atomic E-state index is 0.314. The second kappa shape index (κ2) is 11.2. The number of carbonyl (C=O) groups excluding carboxylic acids is 2. The van der Waals surface area contributed by atoms with Crippen LogP contribution in [-0.4, -0.2) is 36.7 Å². The van der Waals surface area contributed by atoms with E-state index in [2.05, 4.69) is 17.1 Å². The van der Waals surface area contributed by atoms with E-state index in [1.807, 2.05) is 24.3 Å². The van der Waals surface area contributed by atoms with Gasteiger partial charge in [-0.05, 0) is 41.8 Å². The third kappa shape index (κ3) is 5.58. The Morgan fingerprint density at radius 2 is 1.77 bits per heavy atom. The molecule has 0 aliphatic carbocycles. The van der Waals surface area contributed by atoms with Crippen molar-refractivity contribution in [2.45, 2.75) is 19.4 Å². The minimum atomic E-state index is -1.11. The van der Waals surface area contributed by atoms with E-state index in [1.165, 1.54) is 6.21 Å². The largest absolute Gasteiger partial charge is 0.497 e. The molecular formula is C28H26N2O5. The number of benzene rings is 3. The van der Waals surface area contributed by atoms with Gasteiger partial charge < -0.3 is 19.3 Å². The van der Waals surface area contributed by atoms with Crippen LogP contribution in [0.25, 0.3) is 10.9 Å². The zero-order chi connectivity index (χ0) is 24.6. The quantitative estimate of drug-likeness (QED) is 0.148. The van der Waals surface area contributed by atoms with Crippen LogP contribution in [0.3, 0.4) is 0 Å². The number of para-hydroxylation sites is 1. The lowest BCUT2D eigenvalue weighted by atomic mass is 9.98. The summed E-state index contributed by atoms with van der Waals surface area (Å²) in [5, 5.41) is 4.61. The first kappa shape index (κ1) is 23.8. The second-order valence-electron chi connectivity index (χ2n) is 7.82. The molecule has 35 heavy (non-hydrogen) atoms. The smallest absolute Gasteiger partial charge is 0.348 e. The molecule has 3 aromatic carbocycles. The molecule has 0 radical (unpaired) electrons. The van der Waals surface area contributed by atoms with Gasteiger partial charge in [-0.25, -0.2) is 4.79 Å². The molecule has 7 nitrogen and oxygen atoms in total. The van der Waals surface area contributed by atoms with Gasteiger partial charge in [0, 0.05) is 28.2 Å². The van der Waals surface area contributed by atoms with Crippen LogP contribution in [0.4, 0.5) is 0 Å². The predicted molar refractivity (Wildman–Crippen MR) is 134 cm³/mol. The van der Waals surface area contributed by atoms with Gasteiger partial charge in [-0.2, -0.15) is 0 Å². The van der Waals surface area contributed by atoms with Crippen molar-refractivity contribution in [2.75, 3.05) is 13.7 Å². The van der Waals surface area contributed by atoms with Crippen LogP contribution in [0.5, 0.6) is 5.75 Å². The Labute approximate surface area is 203 Å². The molecule has 0 unspecified atom stereocenters. The zero-order valence-electron chi connectivity index (χ0n) is 19.6. The van der Waals surface area contributed by atoms with E-state index in [4.69, 9.17) is 14.3 Å². The van der Waals surface area contributed by atoms with E-state index < -0.39 is 18.7 Å². The van der Waals surface area contributed by atoms with Crippen molar-refractivity contribution in [2.24, 2.45) is 5.16 Å². The molecule has 0 saturated heterocycles.